The average Bonchev–Trinajstić information content (AvgIpc) is 2.61. The number of nitrogens with zero attached hydrogens (tertiary/aromatic N) is 1. The maximum atomic E-state index is 5.25. The summed E-state index contributed by atoms with van der Waals surface area (Å²) in [6.07, 6.45) is 1.66. The minimum absolute atomic E-state index is 0.362. The molecule has 2 aromatic rings. The van der Waals surface area contributed by atoms with E-state index in [4.69, 9.17) is 26.4 Å². The molecule has 0 aliphatic carbocycles. The van der Waals surface area contributed by atoms with Gasteiger partial charge in [-0.2, -0.15) is 5.10 Å². The Kier molecular flexibility index (Phi) is 6.39. The minimum Gasteiger partial charge on any atom is -0.497 e. The first-order valence-corrected chi connectivity index (χ1v) is 7.53. The van der Waals surface area contributed by atoms with Crippen LogP contribution in [0, 0.1) is 0 Å². The molecule has 126 valence electrons. The fraction of sp³-hybridized carbons (Fsp3) is 0.176. The van der Waals surface area contributed by atoms with Crippen molar-refractivity contribution in [2.45, 2.75) is 0 Å². The third-order valence-electron chi connectivity index (χ3n) is 3.11. The molecule has 0 heterocycles. The Morgan fingerprint density at radius 3 is 2.50 bits per heavy atom. The van der Waals surface area contributed by atoms with Crippen LogP contribution in [0.15, 0.2) is 47.6 Å². The summed E-state index contributed by atoms with van der Waals surface area (Å²) in [6.45, 7) is 0. The van der Waals surface area contributed by atoms with Crippen molar-refractivity contribution >= 4 is 29.2 Å². The van der Waals surface area contributed by atoms with Gasteiger partial charge in [-0.3, -0.25) is 5.43 Å². The van der Waals surface area contributed by atoms with Gasteiger partial charge in [0.15, 0.2) is 16.6 Å². The van der Waals surface area contributed by atoms with Crippen LogP contribution in [-0.4, -0.2) is 32.7 Å². The first kappa shape index (κ1) is 17.6. The standard InChI is InChI=1S/C17H19N3O3S/c1-21-14-6-4-5-12(9-14)11-18-20-17(24)19-13-7-8-15(22-2)16(10-13)23-3/h4-11H,1-3H3,(H2,19,20,24). The first-order chi connectivity index (χ1) is 11.7. The highest BCUT2D eigenvalue weighted by Gasteiger charge is 2.05. The summed E-state index contributed by atoms with van der Waals surface area (Å²) in [5, 5.41) is 7.48. The number of benzene rings is 2. The zero-order valence-corrected chi connectivity index (χ0v) is 14.5. The molecule has 0 aliphatic rings. The van der Waals surface area contributed by atoms with Crippen LogP contribution in [0.4, 0.5) is 5.69 Å². The Balaban J connectivity index is 1.94. The van der Waals surface area contributed by atoms with E-state index in [0.29, 0.717) is 16.6 Å². The molecule has 0 saturated carbocycles. The maximum absolute atomic E-state index is 5.25. The van der Waals surface area contributed by atoms with Crippen molar-refractivity contribution < 1.29 is 14.2 Å². The van der Waals surface area contributed by atoms with Crippen LogP contribution < -0.4 is 25.0 Å². The second kappa shape index (κ2) is 8.73. The van der Waals surface area contributed by atoms with Gasteiger partial charge in [-0.05, 0) is 42.0 Å². The molecular formula is C17H19N3O3S. The quantitative estimate of drug-likeness (QED) is 0.477. The second-order valence-electron chi connectivity index (χ2n) is 4.67. The van der Waals surface area contributed by atoms with Crippen LogP contribution in [-0.2, 0) is 0 Å². The Morgan fingerprint density at radius 2 is 1.79 bits per heavy atom. The van der Waals surface area contributed by atoms with Crippen LogP contribution in [0.5, 0.6) is 17.2 Å². The maximum Gasteiger partial charge on any atom is 0.191 e. The van der Waals surface area contributed by atoms with Gasteiger partial charge in [-0.15, -0.1) is 0 Å². The molecule has 24 heavy (non-hydrogen) atoms. The lowest BCUT2D eigenvalue weighted by Crippen LogP contribution is -2.23. The average molecular weight is 345 g/mol. The fourth-order valence-corrected chi connectivity index (χ4v) is 2.13. The van der Waals surface area contributed by atoms with E-state index in [-0.39, 0.29) is 0 Å². The van der Waals surface area contributed by atoms with Gasteiger partial charge < -0.3 is 19.5 Å². The Morgan fingerprint density at radius 1 is 1.00 bits per heavy atom. The SMILES string of the molecule is COc1cccc(C=NNC(=S)Nc2ccc(OC)c(OC)c2)c1. The molecule has 0 saturated heterocycles. The minimum atomic E-state index is 0.362. The van der Waals surface area contributed by atoms with Gasteiger partial charge >= 0.3 is 0 Å². The summed E-state index contributed by atoms with van der Waals surface area (Å²) >= 11 is 5.21. The molecule has 0 atom stereocenters. The molecule has 0 aliphatic heterocycles. The number of methoxy groups -OCH3 is 3. The predicted molar refractivity (Wildman–Crippen MR) is 99.5 cm³/mol. The third kappa shape index (κ3) is 4.85. The highest BCUT2D eigenvalue weighted by molar-refractivity contribution is 7.80. The lowest BCUT2D eigenvalue weighted by atomic mass is 10.2. The molecule has 2 aromatic carbocycles. The number of rotatable bonds is 6. The molecule has 0 fully saturated rings. The number of anilines is 1. The van der Waals surface area contributed by atoms with Crippen molar-refractivity contribution in [1.82, 2.24) is 5.43 Å². The highest BCUT2D eigenvalue weighted by atomic mass is 32.1. The summed E-state index contributed by atoms with van der Waals surface area (Å²) in [4.78, 5) is 0. The molecule has 2 N–H and O–H groups in total. The van der Waals surface area contributed by atoms with Crippen molar-refractivity contribution in [3.63, 3.8) is 0 Å². The van der Waals surface area contributed by atoms with Gasteiger partial charge in [-0.25, -0.2) is 0 Å². The van der Waals surface area contributed by atoms with Gasteiger partial charge in [0.1, 0.15) is 5.75 Å². The molecule has 0 radical (unpaired) electrons. The number of hydrazone groups is 1. The third-order valence-corrected chi connectivity index (χ3v) is 3.31. The van der Waals surface area contributed by atoms with Crippen molar-refractivity contribution in [2.24, 2.45) is 5.10 Å². The lowest BCUT2D eigenvalue weighted by molar-refractivity contribution is 0.355. The van der Waals surface area contributed by atoms with E-state index in [1.807, 2.05) is 30.3 Å². The number of hydrogen-bond acceptors (Lipinski definition) is 5. The Bertz CT molecular complexity index is 735. The zero-order chi connectivity index (χ0) is 17.4. The molecule has 6 nitrogen and oxygen atoms in total. The molecule has 0 spiro atoms. The van der Waals surface area contributed by atoms with E-state index >= 15 is 0 Å². The van der Waals surface area contributed by atoms with Crippen LogP contribution in [0.3, 0.4) is 0 Å². The van der Waals surface area contributed by atoms with Gasteiger partial charge in [0, 0.05) is 11.8 Å². The molecule has 0 unspecified atom stereocenters. The van der Waals surface area contributed by atoms with Crippen LogP contribution in [0.25, 0.3) is 0 Å². The smallest absolute Gasteiger partial charge is 0.191 e. The van der Waals surface area contributed by atoms with Crippen molar-refractivity contribution in [3.05, 3.63) is 48.0 Å². The molecule has 2 rings (SSSR count). The summed E-state index contributed by atoms with van der Waals surface area (Å²) in [6, 6.07) is 13.0. The molecular weight excluding hydrogens is 326 g/mol. The van der Waals surface area contributed by atoms with E-state index < -0.39 is 0 Å². The second-order valence-corrected chi connectivity index (χ2v) is 5.08. The van der Waals surface area contributed by atoms with Crippen LogP contribution in [0.2, 0.25) is 0 Å². The van der Waals surface area contributed by atoms with Gasteiger partial charge in [0.2, 0.25) is 0 Å². The first-order valence-electron chi connectivity index (χ1n) is 7.12. The lowest BCUT2D eigenvalue weighted by Gasteiger charge is -2.11. The Hall–Kier alpha value is -2.80. The van der Waals surface area contributed by atoms with E-state index in [2.05, 4.69) is 15.8 Å². The van der Waals surface area contributed by atoms with E-state index in [1.54, 1.807) is 39.7 Å². The predicted octanol–water partition coefficient (Wildman–Crippen LogP) is 3.03. The number of nitrogens with one attached hydrogen (secondary N) is 2. The van der Waals surface area contributed by atoms with Crippen molar-refractivity contribution in [3.8, 4) is 17.2 Å². The monoisotopic (exact) mass is 345 g/mol. The van der Waals surface area contributed by atoms with Crippen LogP contribution in [0.1, 0.15) is 5.56 Å². The molecule has 0 aromatic heterocycles. The van der Waals surface area contributed by atoms with Gasteiger partial charge in [0.25, 0.3) is 0 Å². The van der Waals surface area contributed by atoms with Crippen molar-refractivity contribution in [1.29, 1.82) is 0 Å². The number of ether oxygens (including phenoxy) is 3. The Labute approximate surface area is 146 Å². The largest absolute Gasteiger partial charge is 0.497 e. The molecule has 0 bridgehead atoms. The van der Waals surface area contributed by atoms with Crippen LogP contribution >= 0.6 is 12.2 Å². The number of hydrogen-bond donors (Lipinski definition) is 2. The van der Waals surface area contributed by atoms with Crippen molar-refractivity contribution in [2.75, 3.05) is 26.6 Å². The topological polar surface area (TPSA) is 64.1 Å². The normalized spacial score (nSPS) is 10.3. The van der Waals surface area contributed by atoms with E-state index in [1.165, 1.54) is 0 Å². The fourth-order valence-electron chi connectivity index (χ4n) is 1.96. The highest BCUT2D eigenvalue weighted by Crippen LogP contribution is 2.29. The summed E-state index contributed by atoms with van der Waals surface area (Å²) in [7, 11) is 4.79. The van der Waals surface area contributed by atoms with E-state index in [0.717, 1.165) is 17.0 Å². The van der Waals surface area contributed by atoms with Gasteiger partial charge in [-0.1, -0.05) is 12.1 Å². The summed E-state index contributed by atoms with van der Waals surface area (Å²) in [5.74, 6) is 2.04. The summed E-state index contributed by atoms with van der Waals surface area (Å²) in [5.41, 5.74) is 4.42. The number of thiocarbonyl (C=S) groups is 1. The van der Waals surface area contributed by atoms with E-state index in [9.17, 15) is 0 Å². The van der Waals surface area contributed by atoms with Gasteiger partial charge in [0.05, 0.1) is 27.5 Å². The molecule has 7 heteroatoms. The molecule has 0 amide bonds. The summed E-state index contributed by atoms with van der Waals surface area (Å²) < 4.78 is 15.6. The zero-order valence-electron chi connectivity index (χ0n) is 13.7.